The first kappa shape index (κ1) is 14.0. The molecule has 0 aliphatic carbocycles. The third-order valence-corrected chi connectivity index (χ3v) is 3.12. The van der Waals surface area contributed by atoms with Crippen LogP contribution in [0.15, 0.2) is 23.6 Å². The van der Waals surface area contributed by atoms with Crippen molar-refractivity contribution in [2.24, 2.45) is 0 Å². The van der Waals surface area contributed by atoms with Gasteiger partial charge in [-0.25, -0.2) is 4.98 Å². The average Bonchev–Trinajstić information content (AvgIpc) is 2.35. The van der Waals surface area contributed by atoms with Crippen molar-refractivity contribution < 1.29 is 9.53 Å². The predicted octanol–water partition coefficient (Wildman–Crippen LogP) is 2.69. The summed E-state index contributed by atoms with van der Waals surface area (Å²) in [6.07, 6.45) is 8.70. The molecule has 0 N–H and O–H groups in total. The summed E-state index contributed by atoms with van der Waals surface area (Å²) in [5.74, 6) is 0.927. The van der Waals surface area contributed by atoms with E-state index in [4.69, 9.17) is 4.74 Å². The fraction of sp³-hybridized carbons (Fsp3) is 0.583. The predicted molar refractivity (Wildman–Crippen MR) is 67.9 cm³/mol. The second kappa shape index (κ2) is 8.98. The van der Waals surface area contributed by atoms with Gasteiger partial charge in [-0.15, -0.1) is 11.8 Å². The fourth-order valence-corrected chi connectivity index (χ4v) is 2.15. The molecule has 0 aliphatic heterocycles. The van der Waals surface area contributed by atoms with E-state index in [0.717, 1.165) is 30.0 Å². The van der Waals surface area contributed by atoms with Crippen LogP contribution in [0.4, 0.5) is 0 Å². The van der Waals surface area contributed by atoms with Crippen LogP contribution in [0.5, 0.6) is 0 Å². The minimum atomic E-state index is -0.0888. The Hall–Kier alpha value is -1.10. The summed E-state index contributed by atoms with van der Waals surface area (Å²) in [5, 5.41) is 0.956. The van der Waals surface area contributed by atoms with E-state index in [9.17, 15) is 4.79 Å². The summed E-state index contributed by atoms with van der Waals surface area (Å²) < 4.78 is 4.86. The lowest BCUT2D eigenvalue weighted by Crippen LogP contribution is -2.03. The maximum absolute atomic E-state index is 11.1. The first-order valence-electron chi connectivity index (χ1n) is 5.87. The number of ether oxygens (including phenoxy) is 1. The first-order chi connectivity index (χ1) is 8.33. The van der Waals surface area contributed by atoms with Crippen molar-refractivity contribution in [3.63, 3.8) is 0 Å². The van der Waals surface area contributed by atoms with Gasteiger partial charge in [0.25, 0.3) is 0 Å². The summed E-state index contributed by atoms with van der Waals surface area (Å²) in [7, 11) is 0. The highest BCUT2D eigenvalue weighted by Gasteiger charge is 2.01. The number of nitrogens with zero attached hydrogens (tertiary/aromatic N) is 2. The molecule has 1 aromatic rings. The molecule has 0 aromatic carbocycles. The molecule has 0 saturated carbocycles. The van der Waals surface area contributed by atoms with Gasteiger partial charge in [0.2, 0.25) is 0 Å². The second-order valence-electron chi connectivity index (χ2n) is 3.51. The van der Waals surface area contributed by atoms with E-state index in [2.05, 4.69) is 9.97 Å². The van der Waals surface area contributed by atoms with Crippen molar-refractivity contribution >= 4 is 17.7 Å². The molecule has 0 atom stereocenters. The molecule has 5 heteroatoms. The highest BCUT2D eigenvalue weighted by molar-refractivity contribution is 7.99. The van der Waals surface area contributed by atoms with Crippen LogP contribution < -0.4 is 0 Å². The van der Waals surface area contributed by atoms with Crippen molar-refractivity contribution in [2.45, 2.75) is 37.6 Å². The second-order valence-corrected chi connectivity index (χ2v) is 4.62. The number of hydrogen-bond acceptors (Lipinski definition) is 5. The molecule has 0 amide bonds. The van der Waals surface area contributed by atoms with Crippen LogP contribution in [-0.2, 0) is 9.53 Å². The first-order valence-corrected chi connectivity index (χ1v) is 6.86. The van der Waals surface area contributed by atoms with Crippen molar-refractivity contribution in [2.75, 3.05) is 12.4 Å². The molecule has 0 spiro atoms. The molecule has 17 heavy (non-hydrogen) atoms. The molecular formula is C12H18N2O2S. The SMILES string of the molecule is CCOC(=O)CCCCCSc1cnccn1. The van der Waals surface area contributed by atoms with Crippen molar-refractivity contribution in [1.29, 1.82) is 0 Å². The number of unbranched alkanes of at least 4 members (excludes halogenated alkanes) is 2. The Bertz CT molecular complexity index is 320. The third kappa shape index (κ3) is 6.94. The largest absolute Gasteiger partial charge is 0.466 e. The van der Waals surface area contributed by atoms with E-state index in [1.807, 2.05) is 6.92 Å². The van der Waals surface area contributed by atoms with Crippen LogP contribution in [-0.4, -0.2) is 28.3 Å². The number of rotatable bonds is 8. The summed E-state index contributed by atoms with van der Waals surface area (Å²) >= 11 is 1.70. The Morgan fingerprint density at radius 1 is 1.35 bits per heavy atom. The minimum Gasteiger partial charge on any atom is -0.466 e. The molecule has 1 rings (SSSR count). The summed E-state index contributed by atoms with van der Waals surface area (Å²) in [6, 6.07) is 0. The molecule has 0 fully saturated rings. The van der Waals surface area contributed by atoms with Gasteiger partial charge in [-0.3, -0.25) is 9.78 Å². The van der Waals surface area contributed by atoms with Crippen LogP contribution in [0.2, 0.25) is 0 Å². The number of carbonyl (C=O) groups is 1. The Morgan fingerprint density at radius 2 is 2.24 bits per heavy atom. The monoisotopic (exact) mass is 254 g/mol. The lowest BCUT2D eigenvalue weighted by molar-refractivity contribution is -0.143. The van der Waals surface area contributed by atoms with E-state index < -0.39 is 0 Å². The molecule has 1 heterocycles. The van der Waals surface area contributed by atoms with Crippen molar-refractivity contribution in [3.05, 3.63) is 18.6 Å². The number of hydrogen-bond donors (Lipinski definition) is 0. The van der Waals surface area contributed by atoms with Gasteiger partial charge in [0.15, 0.2) is 0 Å². The lowest BCUT2D eigenvalue weighted by atomic mass is 10.2. The van der Waals surface area contributed by atoms with E-state index in [0.29, 0.717) is 13.0 Å². The molecule has 0 aliphatic rings. The Morgan fingerprint density at radius 3 is 2.94 bits per heavy atom. The van der Waals surface area contributed by atoms with Crippen molar-refractivity contribution in [3.8, 4) is 0 Å². The normalized spacial score (nSPS) is 10.2. The highest BCUT2D eigenvalue weighted by Crippen LogP contribution is 2.15. The van der Waals surface area contributed by atoms with Gasteiger partial charge in [-0.05, 0) is 25.5 Å². The van der Waals surface area contributed by atoms with E-state index in [-0.39, 0.29) is 5.97 Å². The van der Waals surface area contributed by atoms with Gasteiger partial charge in [0.1, 0.15) is 5.03 Å². The number of carbonyl (C=O) groups excluding carboxylic acids is 1. The van der Waals surface area contributed by atoms with Crippen LogP contribution in [0.25, 0.3) is 0 Å². The van der Waals surface area contributed by atoms with E-state index in [1.54, 1.807) is 30.4 Å². The van der Waals surface area contributed by atoms with Crippen LogP contribution in [0.1, 0.15) is 32.6 Å². The lowest BCUT2D eigenvalue weighted by Gasteiger charge is -2.02. The average molecular weight is 254 g/mol. The highest BCUT2D eigenvalue weighted by atomic mass is 32.2. The van der Waals surface area contributed by atoms with E-state index >= 15 is 0 Å². The van der Waals surface area contributed by atoms with Gasteiger partial charge in [-0.2, -0.15) is 0 Å². The third-order valence-electron chi connectivity index (χ3n) is 2.12. The van der Waals surface area contributed by atoms with Crippen molar-refractivity contribution in [1.82, 2.24) is 9.97 Å². The van der Waals surface area contributed by atoms with Gasteiger partial charge in [-0.1, -0.05) is 6.42 Å². The fourth-order valence-electron chi connectivity index (χ4n) is 1.32. The molecule has 0 unspecified atom stereocenters. The molecule has 1 aromatic heterocycles. The molecule has 0 bridgehead atoms. The zero-order chi connectivity index (χ0) is 12.3. The van der Waals surface area contributed by atoms with E-state index in [1.165, 1.54) is 0 Å². The summed E-state index contributed by atoms with van der Waals surface area (Å²) in [5.41, 5.74) is 0. The number of aromatic nitrogens is 2. The molecule has 94 valence electrons. The molecule has 4 nitrogen and oxygen atoms in total. The van der Waals surface area contributed by atoms with Gasteiger partial charge >= 0.3 is 5.97 Å². The maximum atomic E-state index is 11.1. The molecule has 0 saturated heterocycles. The van der Waals surface area contributed by atoms with Crippen LogP contribution in [0, 0.1) is 0 Å². The zero-order valence-corrected chi connectivity index (χ0v) is 10.9. The Labute approximate surface area is 106 Å². The quantitative estimate of drug-likeness (QED) is 0.405. The smallest absolute Gasteiger partial charge is 0.305 e. The Balaban J connectivity index is 1.96. The van der Waals surface area contributed by atoms with Crippen LogP contribution in [0.3, 0.4) is 0 Å². The maximum Gasteiger partial charge on any atom is 0.305 e. The number of esters is 1. The number of thioether (sulfide) groups is 1. The van der Waals surface area contributed by atoms with Gasteiger partial charge in [0, 0.05) is 18.8 Å². The summed E-state index contributed by atoms with van der Waals surface area (Å²) in [6.45, 7) is 2.30. The van der Waals surface area contributed by atoms with Crippen LogP contribution >= 0.6 is 11.8 Å². The topological polar surface area (TPSA) is 52.1 Å². The molecule has 0 radical (unpaired) electrons. The van der Waals surface area contributed by atoms with Gasteiger partial charge in [0.05, 0.1) is 12.8 Å². The standard InChI is InChI=1S/C12H18N2O2S/c1-2-16-12(15)6-4-3-5-9-17-11-10-13-7-8-14-11/h7-8,10H,2-6,9H2,1H3. The summed E-state index contributed by atoms with van der Waals surface area (Å²) in [4.78, 5) is 19.2. The minimum absolute atomic E-state index is 0.0888. The zero-order valence-electron chi connectivity index (χ0n) is 10.1. The Kier molecular flexibility index (Phi) is 7.38. The van der Waals surface area contributed by atoms with Gasteiger partial charge < -0.3 is 4.74 Å². The molecular weight excluding hydrogens is 236 g/mol.